The number of halogens is 1. The Morgan fingerprint density at radius 1 is 0.645 bits per heavy atom. The largest absolute Gasteiger partial charge is 1.00 e. The Bertz CT molecular complexity index is 379. The standard InChI is InChI=1S/C27H54O2P.BrH/c1-5-9-23-30(24-10-6-2,25-11-7-3)26-21-19-17-15-13-12-14-16-18-20-22-29-27(28)8-4;/h8H,4-7,9-26H2,1-3H3;1H/q+1;/p-1. The van der Waals surface area contributed by atoms with Gasteiger partial charge in [-0.15, -0.1) is 0 Å². The van der Waals surface area contributed by atoms with Gasteiger partial charge in [-0.1, -0.05) is 91.6 Å². The third-order valence-corrected chi connectivity index (χ3v) is 11.5. The van der Waals surface area contributed by atoms with Gasteiger partial charge in [-0.05, 0) is 38.5 Å². The number of carbonyl (C=O) groups is 1. The van der Waals surface area contributed by atoms with E-state index in [1.807, 2.05) is 0 Å². The molecule has 0 aromatic rings. The van der Waals surface area contributed by atoms with Crippen molar-refractivity contribution in [3.63, 3.8) is 0 Å². The molecule has 0 bridgehead atoms. The van der Waals surface area contributed by atoms with Crippen LogP contribution in [0.4, 0.5) is 0 Å². The summed E-state index contributed by atoms with van der Waals surface area (Å²) in [5, 5.41) is 0. The van der Waals surface area contributed by atoms with E-state index in [4.69, 9.17) is 4.74 Å². The first kappa shape index (κ1) is 33.3. The van der Waals surface area contributed by atoms with Gasteiger partial charge in [-0.2, -0.15) is 0 Å². The van der Waals surface area contributed by atoms with E-state index in [1.54, 1.807) is 24.6 Å². The fourth-order valence-electron chi connectivity index (χ4n) is 4.35. The summed E-state index contributed by atoms with van der Waals surface area (Å²) in [5.74, 6) is -0.296. The van der Waals surface area contributed by atoms with Crippen LogP contribution >= 0.6 is 7.26 Å². The Labute approximate surface area is 206 Å². The lowest BCUT2D eigenvalue weighted by atomic mass is 10.1. The molecule has 2 nitrogen and oxygen atoms in total. The second kappa shape index (κ2) is 24.8. The first-order chi connectivity index (χ1) is 14.6. The molecule has 186 valence electrons. The topological polar surface area (TPSA) is 26.3 Å². The van der Waals surface area contributed by atoms with Gasteiger partial charge in [-0.25, -0.2) is 4.79 Å². The van der Waals surface area contributed by atoms with Crippen molar-refractivity contribution >= 4 is 13.2 Å². The summed E-state index contributed by atoms with van der Waals surface area (Å²) in [6, 6.07) is 0. The summed E-state index contributed by atoms with van der Waals surface area (Å²) in [6.07, 6.45) is 29.4. The van der Waals surface area contributed by atoms with Gasteiger partial charge in [0, 0.05) is 13.3 Å². The van der Waals surface area contributed by atoms with E-state index in [1.165, 1.54) is 102 Å². The summed E-state index contributed by atoms with van der Waals surface area (Å²) in [4.78, 5) is 10.9. The number of esters is 1. The maximum Gasteiger partial charge on any atom is 0.330 e. The lowest BCUT2D eigenvalue weighted by Gasteiger charge is -2.28. The SMILES string of the molecule is C=CC(=O)OCCCCCCCCCCCC[P+](CCCC)(CCCC)CCCC.[Br-]. The third-order valence-electron chi connectivity index (χ3n) is 6.40. The number of unbranched alkanes of at least 4 members (excludes halogenated alkanes) is 12. The highest BCUT2D eigenvalue weighted by atomic mass is 79.9. The fraction of sp³-hybridized carbons (Fsp3) is 0.889. The minimum Gasteiger partial charge on any atom is -1.00 e. The molecule has 0 aromatic heterocycles. The van der Waals surface area contributed by atoms with Crippen LogP contribution in [0.1, 0.15) is 124 Å². The Morgan fingerprint density at radius 3 is 1.39 bits per heavy atom. The number of carbonyl (C=O) groups excluding carboxylic acids is 1. The second-order valence-corrected chi connectivity index (χ2v) is 13.7. The molecule has 0 aliphatic heterocycles. The molecule has 0 aliphatic rings. The van der Waals surface area contributed by atoms with Crippen molar-refractivity contribution in [3.05, 3.63) is 12.7 Å². The van der Waals surface area contributed by atoms with E-state index in [0.29, 0.717) is 6.61 Å². The zero-order chi connectivity index (χ0) is 22.3. The molecular formula is C27H54BrO2P. The molecule has 0 aliphatic carbocycles. The van der Waals surface area contributed by atoms with Crippen LogP contribution in [0.5, 0.6) is 0 Å². The van der Waals surface area contributed by atoms with E-state index in [2.05, 4.69) is 27.4 Å². The monoisotopic (exact) mass is 520 g/mol. The average Bonchev–Trinajstić information content (AvgIpc) is 2.77. The molecule has 0 radical (unpaired) electrons. The highest BCUT2D eigenvalue weighted by Gasteiger charge is 2.34. The van der Waals surface area contributed by atoms with Gasteiger partial charge >= 0.3 is 5.97 Å². The van der Waals surface area contributed by atoms with Crippen molar-refractivity contribution in [2.45, 2.75) is 124 Å². The third kappa shape index (κ3) is 20.5. The maximum absolute atomic E-state index is 10.9. The highest BCUT2D eigenvalue weighted by molar-refractivity contribution is 7.75. The minimum absolute atomic E-state index is 0. The van der Waals surface area contributed by atoms with E-state index in [0.717, 1.165) is 6.42 Å². The second-order valence-electron chi connectivity index (χ2n) is 9.20. The van der Waals surface area contributed by atoms with Crippen LogP contribution in [0, 0.1) is 0 Å². The van der Waals surface area contributed by atoms with Crippen molar-refractivity contribution in [1.29, 1.82) is 0 Å². The van der Waals surface area contributed by atoms with Crippen LogP contribution in [0.2, 0.25) is 0 Å². The average molecular weight is 522 g/mol. The molecule has 0 spiro atoms. The molecule has 0 atom stereocenters. The first-order valence-electron chi connectivity index (χ1n) is 13.3. The summed E-state index contributed by atoms with van der Waals surface area (Å²) >= 11 is 0. The van der Waals surface area contributed by atoms with Crippen LogP contribution in [-0.4, -0.2) is 37.2 Å². The van der Waals surface area contributed by atoms with Crippen molar-refractivity contribution in [1.82, 2.24) is 0 Å². The molecule has 0 amide bonds. The Balaban J connectivity index is 0. The molecule has 0 saturated carbocycles. The molecule has 4 heteroatoms. The Hall–Kier alpha value is 0.120. The normalized spacial score (nSPS) is 11.2. The number of rotatable bonds is 23. The van der Waals surface area contributed by atoms with Crippen molar-refractivity contribution in [2.75, 3.05) is 31.3 Å². The van der Waals surface area contributed by atoms with Gasteiger partial charge in [0.05, 0.1) is 31.3 Å². The van der Waals surface area contributed by atoms with Gasteiger partial charge in [0.1, 0.15) is 0 Å². The highest BCUT2D eigenvalue weighted by Crippen LogP contribution is 2.61. The molecule has 0 unspecified atom stereocenters. The predicted octanol–water partition coefficient (Wildman–Crippen LogP) is 6.04. The predicted molar refractivity (Wildman–Crippen MR) is 138 cm³/mol. The lowest BCUT2D eigenvalue weighted by Crippen LogP contribution is -3.00. The molecule has 0 N–H and O–H groups in total. The quantitative estimate of drug-likeness (QED) is 0.0710. The summed E-state index contributed by atoms with van der Waals surface area (Å²) in [6.45, 7) is 11.1. The molecular weight excluding hydrogens is 467 g/mol. The van der Waals surface area contributed by atoms with Gasteiger partial charge in [0.25, 0.3) is 0 Å². The molecule has 31 heavy (non-hydrogen) atoms. The van der Waals surface area contributed by atoms with Crippen LogP contribution in [0.15, 0.2) is 12.7 Å². The summed E-state index contributed by atoms with van der Waals surface area (Å²) < 4.78 is 5.01. The molecule has 0 heterocycles. The van der Waals surface area contributed by atoms with E-state index >= 15 is 0 Å². The minimum atomic E-state index is -0.671. The van der Waals surface area contributed by atoms with Gasteiger partial charge in [0.2, 0.25) is 0 Å². The van der Waals surface area contributed by atoms with Crippen LogP contribution in [0.3, 0.4) is 0 Å². The molecule has 0 aromatic carbocycles. The Morgan fingerprint density at radius 2 is 1.00 bits per heavy atom. The molecule has 0 saturated heterocycles. The Kier molecular flexibility index (Phi) is 26.6. The van der Waals surface area contributed by atoms with E-state index < -0.39 is 7.26 Å². The number of ether oxygens (including phenoxy) is 1. The molecule has 0 fully saturated rings. The van der Waals surface area contributed by atoms with E-state index in [9.17, 15) is 4.79 Å². The van der Waals surface area contributed by atoms with E-state index in [-0.39, 0.29) is 23.0 Å². The van der Waals surface area contributed by atoms with Crippen molar-refractivity contribution < 1.29 is 26.5 Å². The zero-order valence-corrected chi connectivity index (χ0v) is 23.8. The zero-order valence-electron chi connectivity index (χ0n) is 21.3. The number of hydrogen-bond donors (Lipinski definition) is 0. The lowest BCUT2D eigenvalue weighted by molar-refractivity contribution is -0.137. The first-order valence-corrected chi connectivity index (χ1v) is 15.8. The summed E-state index contributed by atoms with van der Waals surface area (Å²) in [5.41, 5.74) is 0. The van der Waals surface area contributed by atoms with Crippen molar-refractivity contribution in [2.24, 2.45) is 0 Å². The fourth-order valence-corrected chi connectivity index (χ4v) is 9.54. The molecule has 0 rings (SSSR count). The summed E-state index contributed by atoms with van der Waals surface area (Å²) in [7, 11) is -0.671. The van der Waals surface area contributed by atoms with Crippen LogP contribution in [0.25, 0.3) is 0 Å². The van der Waals surface area contributed by atoms with Gasteiger partial charge in [0.15, 0.2) is 0 Å². The van der Waals surface area contributed by atoms with Gasteiger partial charge in [-0.3, -0.25) is 0 Å². The van der Waals surface area contributed by atoms with Crippen LogP contribution < -0.4 is 17.0 Å². The van der Waals surface area contributed by atoms with Crippen molar-refractivity contribution in [3.8, 4) is 0 Å². The smallest absolute Gasteiger partial charge is 0.330 e. The number of hydrogen-bond acceptors (Lipinski definition) is 2. The van der Waals surface area contributed by atoms with Crippen LogP contribution in [-0.2, 0) is 9.53 Å². The maximum atomic E-state index is 10.9. The van der Waals surface area contributed by atoms with Gasteiger partial charge < -0.3 is 21.7 Å².